The lowest BCUT2D eigenvalue weighted by Gasteiger charge is -2.27. The maximum absolute atomic E-state index is 12.2. The zero-order valence-corrected chi connectivity index (χ0v) is 12.7. The van der Waals surface area contributed by atoms with E-state index in [0.29, 0.717) is 23.8 Å². The fourth-order valence-electron chi connectivity index (χ4n) is 2.29. The molecule has 1 saturated heterocycles. The summed E-state index contributed by atoms with van der Waals surface area (Å²) >= 11 is 5.89. The summed E-state index contributed by atoms with van der Waals surface area (Å²) in [6.07, 6.45) is 3.08. The first kappa shape index (κ1) is 16.1. The van der Waals surface area contributed by atoms with Crippen LogP contribution in [-0.2, 0) is 0 Å². The second kappa shape index (κ2) is 7.13. The molecule has 1 aromatic rings. The lowest BCUT2D eigenvalue weighted by Crippen LogP contribution is -2.40. The number of carbonyl (C=O) groups is 2. The number of nitrogens with two attached hydrogens (primary N) is 1. The van der Waals surface area contributed by atoms with Crippen LogP contribution in [0.25, 0.3) is 0 Å². The maximum atomic E-state index is 12.2. The zero-order valence-electron chi connectivity index (χ0n) is 12.0. The van der Waals surface area contributed by atoms with E-state index in [0.717, 1.165) is 19.3 Å². The highest BCUT2D eigenvalue weighted by molar-refractivity contribution is 6.31. The number of anilines is 1. The van der Waals surface area contributed by atoms with E-state index < -0.39 is 11.9 Å². The van der Waals surface area contributed by atoms with Crippen LogP contribution in [0.15, 0.2) is 18.2 Å². The van der Waals surface area contributed by atoms with E-state index in [1.807, 2.05) is 0 Å². The number of amides is 3. The lowest BCUT2D eigenvalue weighted by atomic mass is 10.1. The summed E-state index contributed by atoms with van der Waals surface area (Å²) in [6, 6.07) is 4.31. The van der Waals surface area contributed by atoms with Crippen molar-refractivity contribution in [2.45, 2.75) is 19.3 Å². The van der Waals surface area contributed by atoms with E-state index in [2.05, 4.69) is 10.6 Å². The Morgan fingerprint density at radius 1 is 1.23 bits per heavy atom. The van der Waals surface area contributed by atoms with Gasteiger partial charge in [0, 0.05) is 18.1 Å². The van der Waals surface area contributed by atoms with Crippen molar-refractivity contribution in [3.05, 3.63) is 28.8 Å². The number of rotatable bonds is 2. The smallest absolute Gasteiger partial charge is 0.321 e. The van der Waals surface area contributed by atoms with Crippen LogP contribution < -0.4 is 16.4 Å². The summed E-state index contributed by atoms with van der Waals surface area (Å²) in [4.78, 5) is 26.0. The van der Waals surface area contributed by atoms with Crippen molar-refractivity contribution in [1.29, 1.82) is 5.41 Å². The summed E-state index contributed by atoms with van der Waals surface area (Å²) in [6.45, 7) is 1.41. The molecule has 0 aliphatic carbocycles. The number of hydrogen-bond acceptors (Lipinski definition) is 3. The van der Waals surface area contributed by atoms with Gasteiger partial charge in [0.15, 0.2) is 5.96 Å². The van der Waals surface area contributed by atoms with Crippen LogP contribution in [0.3, 0.4) is 0 Å². The highest BCUT2D eigenvalue weighted by atomic mass is 35.5. The first-order chi connectivity index (χ1) is 10.5. The van der Waals surface area contributed by atoms with Crippen LogP contribution in [0.5, 0.6) is 0 Å². The molecule has 1 aliphatic heterocycles. The van der Waals surface area contributed by atoms with E-state index in [1.165, 1.54) is 6.07 Å². The van der Waals surface area contributed by atoms with Crippen LogP contribution in [0.4, 0.5) is 10.5 Å². The predicted molar refractivity (Wildman–Crippen MR) is 85.3 cm³/mol. The van der Waals surface area contributed by atoms with Crippen LogP contribution in [0.2, 0.25) is 5.02 Å². The quantitative estimate of drug-likeness (QED) is 0.493. The molecule has 1 fully saturated rings. The zero-order chi connectivity index (χ0) is 16.1. The molecule has 7 nitrogen and oxygen atoms in total. The monoisotopic (exact) mass is 323 g/mol. The van der Waals surface area contributed by atoms with Gasteiger partial charge in [0.05, 0.1) is 11.3 Å². The number of nitrogens with zero attached hydrogens (tertiary/aromatic N) is 1. The Morgan fingerprint density at radius 3 is 2.55 bits per heavy atom. The van der Waals surface area contributed by atoms with Gasteiger partial charge in [0.2, 0.25) is 0 Å². The van der Waals surface area contributed by atoms with Gasteiger partial charge >= 0.3 is 6.03 Å². The summed E-state index contributed by atoms with van der Waals surface area (Å²) in [7, 11) is 0. The van der Waals surface area contributed by atoms with E-state index in [1.54, 1.807) is 17.0 Å². The normalized spacial score (nSPS) is 14.3. The summed E-state index contributed by atoms with van der Waals surface area (Å²) in [5.74, 6) is -1.07. The highest BCUT2D eigenvalue weighted by Crippen LogP contribution is 2.21. The minimum absolute atomic E-state index is 0.160. The van der Waals surface area contributed by atoms with Gasteiger partial charge in [-0.1, -0.05) is 11.6 Å². The topological polar surface area (TPSA) is 111 Å². The number of hydrogen-bond donors (Lipinski definition) is 4. The first-order valence-electron chi connectivity index (χ1n) is 6.98. The van der Waals surface area contributed by atoms with Crippen LogP contribution in [-0.4, -0.2) is 35.9 Å². The van der Waals surface area contributed by atoms with Crippen molar-refractivity contribution in [2.75, 3.05) is 18.4 Å². The molecule has 0 atom stereocenters. The third kappa shape index (κ3) is 4.11. The third-order valence-corrected chi connectivity index (χ3v) is 3.59. The summed E-state index contributed by atoms with van der Waals surface area (Å²) < 4.78 is 0. The molecule has 8 heteroatoms. The molecule has 0 spiro atoms. The Bertz CT molecular complexity index is 599. The number of guanidine groups is 1. The third-order valence-electron chi connectivity index (χ3n) is 3.36. The summed E-state index contributed by atoms with van der Waals surface area (Å²) in [5, 5.41) is 12.4. The highest BCUT2D eigenvalue weighted by Gasteiger charge is 2.19. The fourth-order valence-corrected chi connectivity index (χ4v) is 2.47. The summed E-state index contributed by atoms with van der Waals surface area (Å²) in [5.41, 5.74) is 5.65. The van der Waals surface area contributed by atoms with Crippen LogP contribution in [0, 0.1) is 5.41 Å². The molecule has 0 unspecified atom stereocenters. The van der Waals surface area contributed by atoms with Crippen LogP contribution >= 0.6 is 11.6 Å². The van der Waals surface area contributed by atoms with Gasteiger partial charge in [-0.2, -0.15) is 0 Å². The molecule has 0 bridgehead atoms. The van der Waals surface area contributed by atoms with E-state index in [4.69, 9.17) is 22.7 Å². The number of halogens is 1. The number of nitrogens with one attached hydrogen (secondary N) is 3. The van der Waals surface area contributed by atoms with Gasteiger partial charge < -0.3 is 16.0 Å². The van der Waals surface area contributed by atoms with Crippen LogP contribution in [0.1, 0.15) is 29.6 Å². The second-order valence-corrected chi connectivity index (χ2v) is 5.47. The Balaban J connectivity index is 2.17. The molecule has 1 aliphatic rings. The number of benzene rings is 1. The Morgan fingerprint density at radius 2 is 1.91 bits per heavy atom. The van der Waals surface area contributed by atoms with Crippen molar-refractivity contribution in [3.63, 3.8) is 0 Å². The molecule has 0 saturated carbocycles. The number of carbonyl (C=O) groups excluding carboxylic acids is 2. The van der Waals surface area contributed by atoms with E-state index in [-0.39, 0.29) is 11.6 Å². The van der Waals surface area contributed by atoms with E-state index >= 15 is 0 Å². The molecular formula is C14H18ClN5O2. The van der Waals surface area contributed by atoms with Gasteiger partial charge in [-0.15, -0.1) is 0 Å². The van der Waals surface area contributed by atoms with Gasteiger partial charge in [0.25, 0.3) is 5.91 Å². The molecule has 0 radical (unpaired) electrons. The molecule has 1 heterocycles. The maximum Gasteiger partial charge on any atom is 0.321 e. The first-order valence-corrected chi connectivity index (χ1v) is 7.36. The Labute approximate surface area is 133 Å². The molecule has 5 N–H and O–H groups in total. The number of urea groups is 1. The van der Waals surface area contributed by atoms with Crippen molar-refractivity contribution in [3.8, 4) is 0 Å². The molecule has 3 amide bonds. The van der Waals surface area contributed by atoms with Crippen molar-refractivity contribution in [1.82, 2.24) is 10.2 Å². The number of likely N-dealkylation sites (tertiary alicyclic amines) is 1. The van der Waals surface area contributed by atoms with Crippen molar-refractivity contribution < 1.29 is 9.59 Å². The fraction of sp³-hybridized carbons (Fsp3) is 0.357. The van der Waals surface area contributed by atoms with E-state index in [9.17, 15) is 9.59 Å². The van der Waals surface area contributed by atoms with Crippen molar-refractivity contribution in [2.24, 2.45) is 5.73 Å². The predicted octanol–water partition coefficient (Wildman–Crippen LogP) is 1.98. The van der Waals surface area contributed by atoms with Crippen molar-refractivity contribution >= 4 is 35.2 Å². The minimum Gasteiger partial charge on any atom is -0.370 e. The minimum atomic E-state index is -0.594. The van der Waals surface area contributed by atoms with Gasteiger partial charge in [0.1, 0.15) is 0 Å². The SMILES string of the molecule is N=C(N)NC(=O)c1cc(Cl)ccc1NC(=O)N1CCCCC1. The van der Waals surface area contributed by atoms with Gasteiger partial charge in [-0.3, -0.25) is 15.5 Å². The molecule has 2 rings (SSSR count). The Hall–Kier alpha value is -2.28. The molecule has 0 aromatic heterocycles. The second-order valence-electron chi connectivity index (χ2n) is 5.04. The molecule has 22 heavy (non-hydrogen) atoms. The molecular weight excluding hydrogens is 306 g/mol. The Kier molecular flexibility index (Phi) is 5.21. The lowest BCUT2D eigenvalue weighted by molar-refractivity contribution is 0.0977. The molecule has 1 aromatic carbocycles. The van der Waals surface area contributed by atoms with Gasteiger partial charge in [-0.25, -0.2) is 4.79 Å². The standard InChI is InChI=1S/C14H18ClN5O2/c15-9-4-5-11(10(8-9)12(21)19-13(16)17)18-14(22)20-6-2-1-3-7-20/h4-5,8H,1-3,6-7H2,(H,18,22)(H4,16,17,19,21). The average Bonchev–Trinajstić information content (AvgIpc) is 2.49. The molecule has 118 valence electrons. The largest absolute Gasteiger partial charge is 0.370 e. The number of piperidine rings is 1. The van der Waals surface area contributed by atoms with Gasteiger partial charge in [-0.05, 0) is 37.5 Å². The average molecular weight is 324 g/mol.